The molecule has 1 rings (SSSR count). The van der Waals surface area contributed by atoms with Gasteiger partial charge in [0.1, 0.15) is 6.10 Å². The Morgan fingerprint density at radius 3 is 2.69 bits per heavy atom. The lowest BCUT2D eigenvalue weighted by molar-refractivity contribution is -0.141. The molecule has 6 N–H and O–H groups in total. The fourth-order valence-corrected chi connectivity index (χ4v) is 1.33. The van der Waals surface area contributed by atoms with Crippen molar-refractivity contribution in [1.82, 2.24) is 0 Å². The first-order valence-corrected chi connectivity index (χ1v) is 4.69. The van der Waals surface area contributed by atoms with Crippen LogP contribution in [0.1, 0.15) is 18.1 Å². The summed E-state index contributed by atoms with van der Waals surface area (Å²) < 4.78 is 0. The van der Waals surface area contributed by atoms with Crippen LogP contribution in [0.3, 0.4) is 0 Å². The second-order valence-electron chi connectivity index (χ2n) is 3.38. The third kappa shape index (κ3) is 3.20. The van der Waals surface area contributed by atoms with Crippen LogP contribution in [0.15, 0.2) is 24.3 Å². The van der Waals surface area contributed by atoms with Gasteiger partial charge in [0.15, 0.2) is 0 Å². The van der Waals surface area contributed by atoms with Crippen molar-refractivity contribution in [2.24, 2.45) is 5.84 Å². The number of nitrogen functional groups attached to an aromatic ring is 1. The van der Waals surface area contributed by atoms with E-state index in [0.717, 1.165) is 0 Å². The highest BCUT2D eigenvalue weighted by Gasteiger charge is 2.21. The first kappa shape index (κ1) is 12.4. The van der Waals surface area contributed by atoms with E-state index in [1.165, 1.54) is 6.07 Å². The van der Waals surface area contributed by atoms with Crippen molar-refractivity contribution in [3.8, 4) is 0 Å². The van der Waals surface area contributed by atoms with E-state index in [4.69, 9.17) is 10.9 Å². The van der Waals surface area contributed by atoms with Gasteiger partial charge in [-0.15, -0.1) is 0 Å². The van der Waals surface area contributed by atoms with Gasteiger partial charge in [0.2, 0.25) is 0 Å². The number of hydrogen-bond donors (Lipinski definition) is 5. The molecule has 1 aromatic rings. The van der Waals surface area contributed by atoms with Crippen LogP contribution in [0.25, 0.3) is 0 Å². The smallest absolute Gasteiger partial charge is 0.306 e. The van der Waals surface area contributed by atoms with Crippen molar-refractivity contribution >= 4 is 11.7 Å². The number of benzene rings is 1. The second-order valence-corrected chi connectivity index (χ2v) is 3.38. The molecule has 88 valence electrons. The second kappa shape index (κ2) is 5.45. The summed E-state index contributed by atoms with van der Waals surface area (Å²) >= 11 is 0. The molecule has 1 aromatic carbocycles. The number of anilines is 1. The fraction of sp³-hybridized carbons (Fsp3) is 0.300. The molecule has 16 heavy (non-hydrogen) atoms. The van der Waals surface area contributed by atoms with Gasteiger partial charge in [-0.1, -0.05) is 12.1 Å². The molecule has 6 heteroatoms. The molecule has 0 aromatic heterocycles. The number of hydrogen-bond acceptors (Lipinski definition) is 5. The largest absolute Gasteiger partial charge is 0.481 e. The fourth-order valence-electron chi connectivity index (χ4n) is 1.33. The number of aliphatic hydroxyl groups excluding tert-OH is 2. The molecule has 0 radical (unpaired) electrons. The van der Waals surface area contributed by atoms with Gasteiger partial charge < -0.3 is 20.7 Å². The average Bonchev–Trinajstić information content (AvgIpc) is 2.27. The summed E-state index contributed by atoms with van der Waals surface area (Å²) in [6.07, 6.45) is -3.10. The molecule has 0 saturated heterocycles. The quantitative estimate of drug-likeness (QED) is 0.352. The molecular formula is C10H14N2O4. The van der Waals surface area contributed by atoms with E-state index in [2.05, 4.69) is 5.43 Å². The van der Waals surface area contributed by atoms with Gasteiger partial charge in [-0.25, -0.2) is 0 Å². The number of carboxylic acid groups (broad SMARTS) is 1. The van der Waals surface area contributed by atoms with Gasteiger partial charge in [-0.05, 0) is 17.7 Å². The Balaban J connectivity index is 2.78. The lowest BCUT2D eigenvalue weighted by atomic mass is 10.0. The van der Waals surface area contributed by atoms with Gasteiger partial charge in [-0.3, -0.25) is 10.6 Å². The molecule has 0 heterocycles. The molecule has 0 aliphatic carbocycles. The normalized spacial score (nSPS) is 14.2. The molecule has 0 saturated carbocycles. The van der Waals surface area contributed by atoms with Crippen molar-refractivity contribution in [3.63, 3.8) is 0 Å². The minimum Gasteiger partial charge on any atom is -0.481 e. The minimum atomic E-state index is -1.34. The third-order valence-electron chi connectivity index (χ3n) is 2.14. The Kier molecular flexibility index (Phi) is 4.24. The molecule has 2 unspecified atom stereocenters. The molecule has 0 fully saturated rings. The number of carboxylic acids is 1. The number of nitrogens with two attached hydrogens (primary N) is 1. The molecule has 0 spiro atoms. The zero-order chi connectivity index (χ0) is 12.1. The van der Waals surface area contributed by atoms with Crippen LogP contribution in [-0.4, -0.2) is 27.4 Å². The predicted octanol–water partition coefficient (Wildman–Crippen LogP) is -0.159. The Morgan fingerprint density at radius 1 is 1.44 bits per heavy atom. The van der Waals surface area contributed by atoms with Gasteiger partial charge >= 0.3 is 5.97 Å². The lowest BCUT2D eigenvalue weighted by Crippen LogP contribution is -2.22. The lowest BCUT2D eigenvalue weighted by Gasteiger charge is -2.17. The van der Waals surface area contributed by atoms with E-state index >= 15 is 0 Å². The third-order valence-corrected chi connectivity index (χ3v) is 2.14. The van der Waals surface area contributed by atoms with Crippen LogP contribution >= 0.6 is 0 Å². The molecule has 6 nitrogen and oxygen atoms in total. The van der Waals surface area contributed by atoms with Crippen LogP contribution in [0, 0.1) is 0 Å². The van der Waals surface area contributed by atoms with Gasteiger partial charge in [0.25, 0.3) is 0 Å². The number of rotatable bonds is 5. The van der Waals surface area contributed by atoms with Crippen LogP contribution in [0.4, 0.5) is 5.69 Å². The number of hydrazine groups is 1. The average molecular weight is 226 g/mol. The standard InChI is InChI=1S/C10H14N2O4/c11-12-7-3-1-2-6(4-7)10(16)8(13)5-9(14)15/h1-4,8,10,12-13,16H,5,11H2,(H,14,15). The minimum absolute atomic E-state index is 0.407. The zero-order valence-electron chi connectivity index (χ0n) is 8.50. The number of carbonyl (C=O) groups is 1. The van der Waals surface area contributed by atoms with Crippen molar-refractivity contribution in [2.45, 2.75) is 18.6 Å². The van der Waals surface area contributed by atoms with E-state index in [9.17, 15) is 15.0 Å². The summed E-state index contributed by atoms with van der Waals surface area (Å²) in [5.41, 5.74) is 3.37. The van der Waals surface area contributed by atoms with E-state index in [-0.39, 0.29) is 0 Å². The van der Waals surface area contributed by atoms with Crippen LogP contribution in [0.2, 0.25) is 0 Å². The van der Waals surface area contributed by atoms with Gasteiger partial charge in [0.05, 0.1) is 12.5 Å². The van der Waals surface area contributed by atoms with Crippen LogP contribution in [-0.2, 0) is 4.79 Å². The van der Waals surface area contributed by atoms with Crippen LogP contribution in [0.5, 0.6) is 0 Å². The van der Waals surface area contributed by atoms with Crippen molar-refractivity contribution in [1.29, 1.82) is 0 Å². The molecule has 0 aliphatic heterocycles. The molecular weight excluding hydrogens is 212 g/mol. The van der Waals surface area contributed by atoms with Crippen molar-refractivity contribution < 1.29 is 20.1 Å². The Labute approximate surface area is 92.3 Å². The number of nitrogens with one attached hydrogen (secondary N) is 1. The highest BCUT2D eigenvalue weighted by molar-refractivity contribution is 5.67. The molecule has 0 amide bonds. The predicted molar refractivity (Wildman–Crippen MR) is 57.5 cm³/mol. The number of aliphatic carboxylic acids is 1. The highest BCUT2D eigenvalue weighted by Crippen LogP contribution is 2.21. The van der Waals surface area contributed by atoms with E-state index in [0.29, 0.717) is 11.3 Å². The zero-order valence-corrected chi connectivity index (χ0v) is 8.50. The van der Waals surface area contributed by atoms with E-state index < -0.39 is 24.6 Å². The first-order chi connectivity index (χ1) is 7.54. The Hall–Kier alpha value is -1.63. The Morgan fingerprint density at radius 2 is 2.12 bits per heavy atom. The highest BCUT2D eigenvalue weighted by atomic mass is 16.4. The van der Waals surface area contributed by atoms with Crippen molar-refractivity contribution in [3.05, 3.63) is 29.8 Å². The number of aliphatic hydroxyl groups is 2. The summed E-state index contributed by atoms with van der Waals surface area (Å²) in [5.74, 6) is 4.02. The summed E-state index contributed by atoms with van der Waals surface area (Å²) in [7, 11) is 0. The van der Waals surface area contributed by atoms with Gasteiger partial charge in [-0.2, -0.15) is 0 Å². The summed E-state index contributed by atoms with van der Waals surface area (Å²) in [5, 5.41) is 27.6. The summed E-state index contributed by atoms with van der Waals surface area (Å²) in [6.45, 7) is 0. The van der Waals surface area contributed by atoms with E-state index in [1.54, 1.807) is 18.2 Å². The maximum absolute atomic E-state index is 10.4. The first-order valence-electron chi connectivity index (χ1n) is 4.69. The Bertz CT molecular complexity index is 370. The molecule has 0 aliphatic rings. The molecule has 0 bridgehead atoms. The summed E-state index contributed by atoms with van der Waals surface area (Å²) in [4.78, 5) is 10.4. The maximum Gasteiger partial charge on any atom is 0.306 e. The van der Waals surface area contributed by atoms with Crippen molar-refractivity contribution in [2.75, 3.05) is 5.43 Å². The topological polar surface area (TPSA) is 116 Å². The van der Waals surface area contributed by atoms with Crippen LogP contribution < -0.4 is 11.3 Å². The van der Waals surface area contributed by atoms with Gasteiger partial charge in [0, 0.05) is 5.69 Å². The maximum atomic E-state index is 10.4. The SMILES string of the molecule is NNc1cccc(C(O)C(O)CC(=O)O)c1. The molecule has 2 atom stereocenters. The summed E-state index contributed by atoms with van der Waals surface area (Å²) in [6, 6.07) is 6.44. The van der Waals surface area contributed by atoms with E-state index in [1.807, 2.05) is 0 Å². The monoisotopic (exact) mass is 226 g/mol.